The summed E-state index contributed by atoms with van der Waals surface area (Å²) in [4.78, 5) is 30.2. The maximum absolute atomic E-state index is 15.3. The molecule has 1 spiro atoms. The molecule has 0 saturated carbocycles. The molecule has 7 rings (SSSR count). The Morgan fingerprint density at radius 2 is 1.71 bits per heavy atom. The smallest absolute Gasteiger partial charge is 0.264 e. The highest BCUT2D eigenvalue weighted by atomic mass is 79.9. The Bertz CT molecular complexity index is 2180. The molecule has 2 aliphatic rings. The number of carbonyl (C=O) groups is 2. The number of hydrogen-bond acceptors (Lipinski definition) is 8. The van der Waals surface area contributed by atoms with Gasteiger partial charge < -0.3 is 29.5 Å². The van der Waals surface area contributed by atoms with Gasteiger partial charge in [0.1, 0.15) is 11.5 Å². The third-order valence-electron chi connectivity index (χ3n) is 11.3. The van der Waals surface area contributed by atoms with Crippen LogP contribution in [0.5, 0.6) is 11.5 Å². The predicted molar refractivity (Wildman–Crippen MR) is 218 cm³/mol. The van der Waals surface area contributed by atoms with E-state index in [0.29, 0.717) is 42.9 Å². The van der Waals surface area contributed by atoms with Crippen molar-refractivity contribution in [1.29, 1.82) is 0 Å². The first-order valence-corrected chi connectivity index (χ1v) is 22.3. The fourth-order valence-corrected chi connectivity index (χ4v) is 12.9. The summed E-state index contributed by atoms with van der Waals surface area (Å²) in [5, 5.41) is 22.2. The number of rotatable bonds is 13. The maximum atomic E-state index is 15.3. The number of anilines is 2. The van der Waals surface area contributed by atoms with Crippen LogP contribution in [0, 0.1) is 5.92 Å². The molecule has 286 valence electrons. The highest BCUT2D eigenvalue weighted by Crippen LogP contribution is 2.60. The number of nitrogens with zero attached hydrogens (tertiary/aromatic N) is 4. The second-order valence-electron chi connectivity index (χ2n) is 14.8. The van der Waals surface area contributed by atoms with Crippen LogP contribution in [-0.4, -0.2) is 66.9 Å². The van der Waals surface area contributed by atoms with E-state index in [2.05, 4.69) is 63.7 Å². The van der Waals surface area contributed by atoms with Gasteiger partial charge in [0.15, 0.2) is 5.60 Å². The fourth-order valence-electron chi connectivity index (χ4n) is 8.52. The van der Waals surface area contributed by atoms with E-state index in [-0.39, 0.29) is 36.0 Å². The number of halogens is 1. The second-order valence-corrected chi connectivity index (χ2v) is 20.4. The topological polar surface area (TPSA) is 128 Å². The summed E-state index contributed by atoms with van der Waals surface area (Å²) >= 11 is 3.71. The van der Waals surface area contributed by atoms with Crippen molar-refractivity contribution in [3.05, 3.63) is 124 Å². The number of hydrogen-bond donors (Lipinski definition) is 2. The molecular weight excluding hydrogens is 778 g/mol. The summed E-state index contributed by atoms with van der Waals surface area (Å²) in [6.07, 6.45) is 2.66. The zero-order chi connectivity index (χ0) is 38.9. The molecule has 1 saturated heterocycles. The average Bonchev–Trinajstić information content (AvgIpc) is 3.83. The molecule has 3 heterocycles. The van der Waals surface area contributed by atoms with E-state index >= 15 is 4.79 Å². The van der Waals surface area contributed by atoms with E-state index in [1.54, 1.807) is 43.2 Å². The lowest BCUT2D eigenvalue weighted by Gasteiger charge is -2.37. The molecule has 55 heavy (non-hydrogen) atoms. The summed E-state index contributed by atoms with van der Waals surface area (Å²) in [6, 6.07) is 28.9. The van der Waals surface area contributed by atoms with Crippen LogP contribution in [0.25, 0.3) is 0 Å². The molecule has 0 aliphatic carbocycles. The molecule has 1 fully saturated rings. The van der Waals surface area contributed by atoms with Crippen molar-refractivity contribution in [2.75, 3.05) is 31.0 Å². The maximum Gasteiger partial charge on any atom is 0.264 e. The summed E-state index contributed by atoms with van der Waals surface area (Å²) in [6.45, 7) is 7.76. The van der Waals surface area contributed by atoms with E-state index in [1.165, 1.54) is 5.19 Å². The number of aliphatic hydroxyl groups is 1. The number of fused-ring (bicyclic) bond motifs is 2. The van der Waals surface area contributed by atoms with Crippen LogP contribution in [-0.2, 0) is 34.6 Å². The summed E-state index contributed by atoms with van der Waals surface area (Å²) in [5.41, 5.74) is 3.21. The Labute approximate surface area is 330 Å². The fraction of sp³-hybridized carbons (Fsp3) is 0.333. The van der Waals surface area contributed by atoms with Crippen LogP contribution in [0.4, 0.5) is 11.4 Å². The number of aromatic nitrogens is 3. The first-order valence-electron chi connectivity index (χ1n) is 18.5. The monoisotopic (exact) mass is 823 g/mol. The number of ether oxygens (including phenoxy) is 3. The van der Waals surface area contributed by atoms with Gasteiger partial charge in [-0.15, -0.1) is 5.10 Å². The molecule has 0 unspecified atom stereocenters. The van der Waals surface area contributed by atoms with Crippen molar-refractivity contribution in [3.63, 3.8) is 0 Å². The molecular formula is C42H46BrN5O6Si. The van der Waals surface area contributed by atoms with E-state index < -0.39 is 13.7 Å². The number of aryl methyl sites for hydroxylation is 1. The van der Waals surface area contributed by atoms with Gasteiger partial charge in [0.2, 0.25) is 0 Å². The Morgan fingerprint density at radius 1 is 1.00 bits per heavy atom. The van der Waals surface area contributed by atoms with Crippen LogP contribution >= 0.6 is 15.9 Å². The van der Waals surface area contributed by atoms with Crippen molar-refractivity contribution in [3.8, 4) is 11.5 Å². The molecule has 0 radical (unpaired) electrons. The summed E-state index contributed by atoms with van der Waals surface area (Å²) < 4.78 is 20.7. The predicted octanol–water partition coefficient (Wildman–Crippen LogP) is 6.70. The van der Waals surface area contributed by atoms with E-state index in [1.807, 2.05) is 65.7 Å². The van der Waals surface area contributed by atoms with Crippen molar-refractivity contribution in [2.24, 2.45) is 5.92 Å². The van der Waals surface area contributed by atoms with Gasteiger partial charge in [-0.3, -0.25) is 14.3 Å². The van der Waals surface area contributed by atoms with Crippen LogP contribution < -0.4 is 24.9 Å². The Balaban J connectivity index is 1.22. The normalized spacial score (nSPS) is 20.5. The highest BCUT2D eigenvalue weighted by Gasteiger charge is 2.66. The minimum atomic E-state index is -2.35. The van der Waals surface area contributed by atoms with Gasteiger partial charge >= 0.3 is 0 Å². The lowest BCUT2D eigenvalue weighted by Crippen LogP contribution is -2.51. The van der Waals surface area contributed by atoms with E-state index in [4.69, 9.17) is 14.2 Å². The van der Waals surface area contributed by atoms with Gasteiger partial charge in [0.25, 0.3) is 11.8 Å². The summed E-state index contributed by atoms with van der Waals surface area (Å²) in [7, 11) is 0.902. The highest BCUT2D eigenvalue weighted by molar-refractivity contribution is 9.10. The minimum absolute atomic E-state index is 0.00436. The van der Waals surface area contributed by atoms with Crippen molar-refractivity contribution in [2.45, 2.75) is 63.2 Å². The van der Waals surface area contributed by atoms with Gasteiger partial charge in [-0.05, 0) is 84.3 Å². The van der Waals surface area contributed by atoms with Crippen molar-refractivity contribution in [1.82, 2.24) is 15.0 Å². The van der Waals surface area contributed by atoms with Crippen LogP contribution in [0.3, 0.4) is 0 Å². The van der Waals surface area contributed by atoms with Crippen molar-refractivity contribution >= 4 is 52.4 Å². The van der Waals surface area contributed by atoms with E-state index in [9.17, 15) is 9.90 Å². The number of amides is 2. The van der Waals surface area contributed by atoms with Gasteiger partial charge in [-0.1, -0.05) is 70.6 Å². The minimum Gasteiger partial charge on any atom is -0.497 e. The largest absolute Gasteiger partial charge is 0.497 e. The van der Waals surface area contributed by atoms with Gasteiger partial charge in [0.05, 0.1) is 46.3 Å². The average molecular weight is 825 g/mol. The van der Waals surface area contributed by atoms with Crippen molar-refractivity contribution < 1.29 is 28.9 Å². The lowest BCUT2D eigenvalue weighted by molar-refractivity contribution is -0.146. The standard InChI is InChI=1S/C42H46BrN5O6Si/c1-27-39(55(4,5)35-16-14-34(53-3)15-17-35)38(19-21-47-26-32(20-22-49)45-46-47)54-42(27)36-24-30(43)11-18-37(36)48(41(42)51)25-28-7-6-8-31(23-28)44-40(50)29-9-12-33(52-2)13-10-29/h6-18,23-24,26-27,38-39,49H,19-22,25H2,1-5H3,(H,44,50)/t27-,38+,39-,42+/m1/s1. The number of methoxy groups -OCH3 is 2. The Kier molecular flexibility index (Phi) is 11.0. The van der Waals surface area contributed by atoms with Gasteiger partial charge in [-0.2, -0.15) is 0 Å². The SMILES string of the molecule is COc1ccc(C(=O)Nc2cccc(CN3C(=O)[C@@]4(O[C@@H](CCn5cc(CCO)nn5)[C@H]([Si](C)(C)c5ccc(OC)cc5)[C@H]4C)c4cc(Br)ccc43)c2)cc1. The molecule has 4 aromatic carbocycles. The van der Waals surface area contributed by atoms with E-state index in [0.717, 1.165) is 32.7 Å². The number of nitrogens with one attached hydrogen (secondary N) is 1. The van der Waals surface area contributed by atoms with Crippen LogP contribution in [0.1, 0.15) is 40.5 Å². The van der Waals surface area contributed by atoms with Gasteiger partial charge in [-0.25, -0.2) is 0 Å². The van der Waals surface area contributed by atoms with Gasteiger partial charge in [0, 0.05) is 53.0 Å². The molecule has 11 nitrogen and oxygen atoms in total. The third-order valence-corrected chi connectivity index (χ3v) is 16.1. The number of carbonyl (C=O) groups excluding carboxylic acids is 2. The third kappa shape index (κ3) is 7.33. The molecule has 1 aromatic heterocycles. The summed E-state index contributed by atoms with van der Waals surface area (Å²) in [5.74, 6) is 0.954. The van der Waals surface area contributed by atoms with Crippen LogP contribution in [0.2, 0.25) is 18.6 Å². The zero-order valence-electron chi connectivity index (χ0n) is 31.7. The molecule has 13 heteroatoms. The molecule has 5 aromatic rings. The Hall–Kier alpha value is -4.82. The van der Waals surface area contributed by atoms with Crippen LogP contribution in [0.15, 0.2) is 102 Å². The number of benzene rings is 4. The Morgan fingerprint density at radius 3 is 2.40 bits per heavy atom. The molecule has 2 N–H and O–H groups in total. The molecule has 2 amide bonds. The first-order chi connectivity index (χ1) is 26.5. The first kappa shape index (κ1) is 38.5. The lowest BCUT2D eigenvalue weighted by atomic mass is 9.82. The quantitative estimate of drug-likeness (QED) is 0.126. The number of aliphatic hydroxyl groups excluding tert-OH is 1. The molecule has 4 atom stereocenters. The second kappa shape index (κ2) is 15.7. The molecule has 2 aliphatic heterocycles. The zero-order valence-corrected chi connectivity index (χ0v) is 34.2. The molecule has 0 bridgehead atoms.